The maximum atomic E-state index is 13.4. The second-order valence-electron chi connectivity index (χ2n) is 4.20. The third-order valence-electron chi connectivity index (χ3n) is 2.97. The van der Waals surface area contributed by atoms with Gasteiger partial charge in [0.2, 0.25) is 0 Å². The molecule has 17 heavy (non-hydrogen) atoms. The van der Waals surface area contributed by atoms with Gasteiger partial charge >= 0.3 is 0 Å². The lowest BCUT2D eigenvalue weighted by atomic mass is 10.0. The van der Waals surface area contributed by atoms with Crippen molar-refractivity contribution in [3.8, 4) is 0 Å². The van der Waals surface area contributed by atoms with E-state index in [-0.39, 0.29) is 5.82 Å². The fourth-order valence-electron chi connectivity index (χ4n) is 1.92. The Bertz CT molecular complexity index is 500. The minimum atomic E-state index is -0.210. The Morgan fingerprint density at radius 3 is 2.24 bits per heavy atom. The maximum absolute atomic E-state index is 13.4. The van der Waals surface area contributed by atoms with Gasteiger partial charge in [0.05, 0.1) is 5.69 Å². The summed E-state index contributed by atoms with van der Waals surface area (Å²) in [4.78, 5) is 0. The first-order valence-electron chi connectivity index (χ1n) is 5.72. The standard InChI is InChI=1S/C15H16FN/c1-11-6-5-7-12(2)13(11)10-17-15-9-4-3-8-14(15)16/h3-9,17H,10H2,1-2H3. The fraction of sp³-hybridized carbons (Fsp3) is 0.200. The van der Waals surface area contributed by atoms with Crippen LogP contribution < -0.4 is 5.32 Å². The molecule has 0 aromatic heterocycles. The number of aryl methyl sites for hydroxylation is 2. The summed E-state index contributed by atoms with van der Waals surface area (Å²) < 4.78 is 13.4. The number of nitrogens with one attached hydrogen (secondary N) is 1. The van der Waals surface area contributed by atoms with Gasteiger partial charge < -0.3 is 5.32 Å². The van der Waals surface area contributed by atoms with Crippen molar-refractivity contribution in [1.29, 1.82) is 0 Å². The van der Waals surface area contributed by atoms with Gasteiger partial charge in [-0.05, 0) is 42.7 Å². The molecule has 2 heteroatoms. The van der Waals surface area contributed by atoms with Crippen LogP contribution in [0.2, 0.25) is 0 Å². The summed E-state index contributed by atoms with van der Waals surface area (Å²) >= 11 is 0. The molecule has 0 saturated carbocycles. The molecule has 1 N–H and O–H groups in total. The molecule has 0 bridgehead atoms. The largest absolute Gasteiger partial charge is 0.379 e. The monoisotopic (exact) mass is 229 g/mol. The van der Waals surface area contributed by atoms with Crippen LogP contribution in [-0.4, -0.2) is 0 Å². The molecule has 0 aliphatic rings. The summed E-state index contributed by atoms with van der Waals surface area (Å²) in [6, 6.07) is 12.9. The second-order valence-corrected chi connectivity index (χ2v) is 4.20. The Balaban J connectivity index is 2.16. The van der Waals surface area contributed by atoms with Crippen LogP contribution in [0.3, 0.4) is 0 Å². The summed E-state index contributed by atoms with van der Waals surface area (Å²) in [5.74, 6) is -0.210. The first-order chi connectivity index (χ1) is 8.18. The molecule has 0 fully saturated rings. The van der Waals surface area contributed by atoms with Crippen molar-refractivity contribution in [3.05, 3.63) is 65.0 Å². The van der Waals surface area contributed by atoms with Crippen LogP contribution in [0.1, 0.15) is 16.7 Å². The van der Waals surface area contributed by atoms with Gasteiger partial charge in [0.1, 0.15) is 5.82 Å². The molecule has 88 valence electrons. The second kappa shape index (κ2) is 5.00. The van der Waals surface area contributed by atoms with Gasteiger partial charge in [0.25, 0.3) is 0 Å². The smallest absolute Gasteiger partial charge is 0.146 e. The van der Waals surface area contributed by atoms with Gasteiger partial charge in [-0.25, -0.2) is 4.39 Å². The van der Waals surface area contributed by atoms with E-state index in [1.807, 2.05) is 12.1 Å². The molecule has 2 aromatic rings. The molecule has 0 atom stereocenters. The van der Waals surface area contributed by atoms with Crippen LogP contribution in [-0.2, 0) is 6.54 Å². The van der Waals surface area contributed by atoms with Crippen LogP contribution in [0.5, 0.6) is 0 Å². The zero-order valence-corrected chi connectivity index (χ0v) is 10.1. The van der Waals surface area contributed by atoms with Crippen LogP contribution >= 0.6 is 0 Å². The molecule has 0 unspecified atom stereocenters. The molecule has 0 heterocycles. The van der Waals surface area contributed by atoms with Crippen LogP contribution in [0.15, 0.2) is 42.5 Å². The van der Waals surface area contributed by atoms with Crippen molar-refractivity contribution in [2.24, 2.45) is 0 Å². The maximum Gasteiger partial charge on any atom is 0.146 e. The van der Waals surface area contributed by atoms with E-state index in [4.69, 9.17) is 0 Å². The predicted octanol–water partition coefficient (Wildman–Crippen LogP) is 4.05. The highest BCUT2D eigenvalue weighted by Crippen LogP contribution is 2.17. The lowest BCUT2D eigenvalue weighted by Gasteiger charge is -2.12. The van der Waals surface area contributed by atoms with Gasteiger partial charge in [0.15, 0.2) is 0 Å². The molecule has 0 radical (unpaired) electrons. The SMILES string of the molecule is Cc1cccc(C)c1CNc1ccccc1F. The minimum absolute atomic E-state index is 0.210. The number of anilines is 1. The Hall–Kier alpha value is -1.83. The van der Waals surface area contributed by atoms with Crippen molar-refractivity contribution in [2.75, 3.05) is 5.32 Å². The highest BCUT2D eigenvalue weighted by atomic mass is 19.1. The summed E-state index contributed by atoms with van der Waals surface area (Å²) in [7, 11) is 0. The van der Waals surface area contributed by atoms with Crippen molar-refractivity contribution in [2.45, 2.75) is 20.4 Å². The van der Waals surface area contributed by atoms with Gasteiger partial charge in [-0.15, -0.1) is 0 Å². The summed E-state index contributed by atoms with van der Waals surface area (Å²) in [5, 5.41) is 3.14. The van der Waals surface area contributed by atoms with E-state index in [9.17, 15) is 4.39 Å². The van der Waals surface area contributed by atoms with Crippen LogP contribution in [0, 0.1) is 19.7 Å². The molecular formula is C15H16FN. The fourth-order valence-corrected chi connectivity index (χ4v) is 1.92. The third-order valence-corrected chi connectivity index (χ3v) is 2.97. The summed E-state index contributed by atoms with van der Waals surface area (Å²) in [6.07, 6.45) is 0. The Kier molecular flexibility index (Phi) is 3.43. The molecule has 1 nitrogen and oxygen atoms in total. The molecule has 0 saturated heterocycles. The normalized spacial score (nSPS) is 10.3. The first kappa shape index (κ1) is 11.6. The number of hydrogen-bond acceptors (Lipinski definition) is 1. The first-order valence-corrected chi connectivity index (χ1v) is 5.72. The Morgan fingerprint density at radius 2 is 1.59 bits per heavy atom. The zero-order chi connectivity index (χ0) is 12.3. The Labute approximate surface area is 101 Å². The van der Waals surface area contributed by atoms with E-state index >= 15 is 0 Å². The average Bonchev–Trinajstić information content (AvgIpc) is 2.30. The van der Waals surface area contributed by atoms with Gasteiger partial charge in [-0.1, -0.05) is 30.3 Å². The van der Waals surface area contributed by atoms with Crippen molar-refractivity contribution >= 4 is 5.69 Å². The quantitative estimate of drug-likeness (QED) is 0.837. The predicted molar refractivity (Wildman–Crippen MR) is 69.6 cm³/mol. The number of halogens is 1. The van der Waals surface area contributed by atoms with Gasteiger partial charge in [0, 0.05) is 6.54 Å². The van der Waals surface area contributed by atoms with Crippen molar-refractivity contribution in [1.82, 2.24) is 0 Å². The molecular weight excluding hydrogens is 213 g/mol. The highest BCUT2D eigenvalue weighted by Gasteiger charge is 2.03. The average molecular weight is 229 g/mol. The lowest BCUT2D eigenvalue weighted by Crippen LogP contribution is -2.04. The number of rotatable bonds is 3. The van der Waals surface area contributed by atoms with Crippen molar-refractivity contribution < 1.29 is 4.39 Å². The molecule has 2 aromatic carbocycles. The van der Waals surface area contributed by atoms with Crippen LogP contribution in [0.25, 0.3) is 0 Å². The molecule has 0 spiro atoms. The molecule has 0 aliphatic carbocycles. The van der Waals surface area contributed by atoms with E-state index in [1.165, 1.54) is 22.8 Å². The van der Waals surface area contributed by atoms with E-state index in [0.717, 1.165) is 0 Å². The number of benzene rings is 2. The topological polar surface area (TPSA) is 12.0 Å². The summed E-state index contributed by atoms with van der Waals surface area (Å²) in [6.45, 7) is 4.80. The van der Waals surface area contributed by atoms with Crippen molar-refractivity contribution in [3.63, 3.8) is 0 Å². The van der Waals surface area contributed by atoms with E-state index in [0.29, 0.717) is 12.2 Å². The lowest BCUT2D eigenvalue weighted by molar-refractivity contribution is 0.630. The Morgan fingerprint density at radius 1 is 0.941 bits per heavy atom. The van der Waals surface area contributed by atoms with E-state index < -0.39 is 0 Å². The number of para-hydroxylation sites is 1. The van der Waals surface area contributed by atoms with Gasteiger partial charge in [-0.2, -0.15) is 0 Å². The zero-order valence-electron chi connectivity index (χ0n) is 10.1. The minimum Gasteiger partial charge on any atom is -0.379 e. The van der Waals surface area contributed by atoms with Gasteiger partial charge in [-0.3, -0.25) is 0 Å². The van der Waals surface area contributed by atoms with Crippen LogP contribution in [0.4, 0.5) is 10.1 Å². The molecule has 2 rings (SSSR count). The third kappa shape index (κ3) is 2.64. The van der Waals surface area contributed by atoms with E-state index in [2.05, 4.69) is 31.3 Å². The van der Waals surface area contributed by atoms with E-state index in [1.54, 1.807) is 12.1 Å². The number of hydrogen-bond donors (Lipinski definition) is 1. The molecule has 0 amide bonds. The highest BCUT2D eigenvalue weighted by molar-refractivity contribution is 5.46. The summed E-state index contributed by atoms with van der Waals surface area (Å²) in [5.41, 5.74) is 4.24. The molecule has 0 aliphatic heterocycles.